The highest BCUT2D eigenvalue weighted by Crippen LogP contribution is 2.13. The molecule has 0 fully saturated rings. The highest BCUT2D eigenvalue weighted by molar-refractivity contribution is 9.09. The van der Waals surface area contributed by atoms with Crippen LogP contribution in [0.3, 0.4) is 0 Å². The number of benzene rings is 1. The molecule has 0 spiro atoms. The van der Waals surface area contributed by atoms with Crippen molar-refractivity contribution in [2.24, 2.45) is 0 Å². The van der Waals surface area contributed by atoms with Gasteiger partial charge in [0.2, 0.25) is 5.91 Å². The van der Waals surface area contributed by atoms with E-state index in [0.717, 1.165) is 31.1 Å². The van der Waals surface area contributed by atoms with E-state index in [1.807, 2.05) is 23.1 Å². The number of hydrogen-bond donors (Lipinski definition) is 0. The molecule has 1 aromatic carbocycles. The Labute approximate surface area is 125 Å². The summed E-state index contributed by atoms with van der Waals surface area (Å²) < 4.78 is 0. The first-order valence-corrected chi connectivity index (χ1v) is 8.20. The number of carbonyl (C=O) groups is 1. The molecular weight excluding hydrogens is 302 g/mol. The Balaban J connectivity index is 2.64. The zero-order valence-electron chi connectivity index (χ0n) is 11.9. The number of carbonyl (C=O) groups excluding carboxylic acids is 1. The number of halogens is 1. The van der Waals surface area contributed by atoms with E-state index in [-0.39, 0.29) is 5.91 Å². The summed E-state index contributed by atoms with van der Waals surface area (Å²) in [7, 11) is 0. The molecule has 0 saturated carbocycles. The van der Waals surface area contributed by atoms with Gasteiger partial charge in [-0.1, -0.05) is 53.2 Å². The largest absolute Gasteiger partial charge is 0.336 e. The van der Waals surface area contributed by atoms with Crippen LogP contribution < -0.4 is 0 Å². The molecule has 19 heavy (non-hydrogen) atoms. The number of alkyl halides is 1. The maximum absolute atomic E-state index is 12.3. The third-order valence-corrected chi connectivity index (χ3v) is 3.97. The molecule has 1 unspecified atom stereocenters. The van der Waals surface area contributed by atoms with Crippen molar-refractivity contribution in [1.82, 2.24) is 4.90 Å². The second-order valence-electron chi connectivity index (χ2n) is 4.91. The van der Waals surface area contributed by atoms with Gasteiger partial charge in [-0.15, -0.1) is 0 Å². The lowest BCUT2D eigenvalue weighted by atomic mass is 10.1. The van der Waals surface area contributed by atoms with E-state index in [2.05, 4.69) is 41.9 Å². The summed E-state index contributed by atoms with van der Waals surface area (Å²) in [5.74, 6) is 0.277. The molecule has 0 aliphatic carbocycles. The van der Waals surface area contributed by atoms with Crippen molar-refractivity contribution in [2.45, 2.75) is 52.1 Å². The van der Waals surface area contributed by atoms with Crippen LogP contribution in [0.1, 0.15) is 45.1 Å². The summed E-state index contributed by atoms with van der Waals surface area (Å²) >= 11 is 3.41. The fourth-order valence-electron chi connectivity index (χ4n) is 2.00. The number of nitrogens with zero attached hydrogens (tertiary/aromatic N) is 1. The van der Waals surface area contributed by atoms with Gasteiger partial charge in [-0.2, -0.15) is 0 Å². The number of hydrogen-bond acceptors (Lipinski definition) is 1. The number of amides is 1. The second-order valence-corrected chi connectivity index (χ2v) is 5.70. The van der Waals surface area contributed by atoms with Crippen molar-refractivity contribution in [3.8, 4) is 0 Å². The molecule has 106 valence electrons. The van der Waals surface area contributed by atoms with E-state index in [1.54, 1.807) is 0 Å². The van der Waals surface area contributed by atoms with Crippen molar-refractivity contribution in [1.29, 1.82) is 0 Å². The van der Waals surface area contributed by atoms with Gasteiger partial charge >= 0.3 is 0 Å². The van der Waals surface area contributed by atoms with E-state index < -0.39 is 0 Å². The molecule has 0 aliphatic rings. The van der Waals surface area contributed by atoms with Gasteiger partial charge in [0, 0.05) is 24.3 Å². The monoisotopic (exact) mass is 325 g/mol. The molecular formula is C16H24BrNO. The van der Waals surface area contributed by atoms with Gasteiger partial charge in [-0.05, 0) is 31.7 Å². The van der Waals surface area contributed by atoms with Crippen LogP contribution in [0.2, 0.25) is 0 Å². The first kappa shape index (κ1) is 16.2. The van der Waals surface area contributed by atoms with Gasteiger partial charge in [0.15, 0.2) is 0 Å². The van der Waals surface area contributed by atoms with Crippen molar-refractivity contribution >= 4 is 21.8 Å². The minimum Gasteiger partial charge on any atom is -0.336 e. The highest BCUT2D eigenvalue weighted by Gasteiger charge is 2.18. The average Bonchev–Trinajstić information content (AvgIpc) is 2.45. The highest BCUT2D eigenvalue weighted by atomic mass is 79.9. The summed E-state index contributed by atoms with van der Waals surface area (Å²) in [6.07, 6.45) is 3.68. The molecule has 0 N–H and O–H groups in total. The van der Waals surface area contributed by atoms with Crippen LogP contribution in [-0.2, 0) is 11.3 Å². The molecule has 3 heteroatoms. The Morgan fingerprint density at radius 2 is 1.95 bits per heavy atom. The van der Waals surface area contributed by atoms with E-state index >= 15 is 0 Å². The molecule has 1 aromatic rings. The van der Waals surface area contributed by atoms with Crippen LogP contribution in [0, 0.1) is 0 Å². The molecule has 2 nitrogen and oxygen atoms in total. The third kappa shape index (κ3) is 5.77. The summed E-state index contributed by atoms with van der Waals surface area (Å²) in [5.41, 5.74) is 1.21. The smallest absolute Gasteiger partial charge is 0.223 e. The lowest BCUT2D eigenvalue weighted by molar-refractivity contribution is -0.134. The fraction of sp³-hybridized carbons (Fsp3) is 0.562. The summed E-state index contributed by atoms with van der Waals surface area (Å²) in [6, 6.07) is 10.5. The van der Waals surface area contributed by atoms with Crippen LogP contribution in [0.5, 0.6) is 0 Å². The van der Waals surface area contributed by atoms with Crippen molar-refractivity contribution in [2.75, 3.05) is 5.33 Å². The van der Waals surface area contributed by atoms with Gasteiger partial charge in [0.05, 0.1) is 0 Å². The molecule has 0 saturated heterocycles. The van der Waals surface area contributed by atoms with Crippen LogP contribution in [0.4, 0.5) is 0 Å². The van der Waals surface area contributed by atoms with Gasteiger partial charge in [-0.3, -0.25) is 4.79 Å². The van der Waals surface area contributed by atoms with Gasteiger partial charge in [-0.25, -0.2) is 0 Å². The summed E-state index contributed by atoms with van der Waals surface area (Å²) in [6.45, 7) is 4.99. The summed E-state index contributed by atoms with van der Waals surface area (Å²) in [4.78, 5) is 14.4. The Bertz CT molecular complexity index is 366. The molecule has 0 aliphatic heterocycles. The lowest BCUT2D eigenvalue weighted by Crippen LogP contribution is -2.37. The molecule has 0 aromatic heterocycles. The molecule has 1 atom stereocenters. The van der Waals surface area contributed by atoms with E-state index in [1.165, 1.54) is 5.56 Å². The minimum atomic E-state index is 0.277. The van der Waals surface area contributed by atoms with E-state index in [4.69, 9.17) is 0 Å². The SMILES string of the molecule is CCC(C)N(Cc1ccccc1)C(=O)CCCCBr. The van der Waals surface area contributed by atoms with Gasteiger partial charge in [0.25, 0.3) is 0 Å². The number of unbranched alkanes of at least 4 members (excludes halogenated alkanes) is 1. The Hall–Kier alpha value is -0.830. The maximum atomic E-state index is 12.3. The Kier molecular flexibility index (Phi) is 7.80. The first-order chi connectivity index (χ1) is 9.19. The van der Waals surface area contributed by atoms with Gasteiger partial charge < -0.3 is 4.90 Å². The minimum absolute atomic E-state index is 0.277. The van der Waals surface area contributed by atoms with E-state index in [9.17, 15) is 4.79 Å². The predicted molar refractivity (Wildman–Crippen MR) is 84.4 cm³/mol. The Morgan fingerprint density at radius 3 is 2.53 bits per heavy atom. The van der Waals surface area contributed by atoms with Crippen molar-refractivity contribution < 1.29 is 4.79 Å². The van der Waals surface area contributed by atoms with Gasteiger partial charge in [0.1, 0.15) is 0 Å². The third-order valence-electron chi connectivity index (χ3n) is 3.41. The lowest BCUT2D eigenvalue weighted by Gasteiger charge is -2.29. The fourth-order valence-corrected chi connectivity index (χ4v) is 2.40. The van der Waals surface area contributed by atoms with E-state index in [0.29, 0.717) is 12.5 Å². The molecule has 0 radical (unpaired) electrons. The normalized spacial score (nSPS) is 12.2. The van der Waals surface area contributed by atoms with Crippen LogP contribution >= 0.6 is 15.9 Å². The molecule has 0 heterocycles. The first-order valence-electron chi connectivity index (χ1n) is 7.08. The molecule has 0 bridgehead atoms. The standard InChI is InChI=1S/C16H24BrNO/c1-3-14(2)18(16(19)11-7-8-12-17)13-15-9-5-4-6-10-15/h4-6,9-10,14H,3,7-8,11-13H2,1-2H3. The zero-order valence-corrected chi connectivity index (χ0v) is 13.5. The maximum Gasteiger partial charge on any atom is 0.223 e. The predicted octanol–water partition coefficient (Wildman–Crippen LogP) is 4.38. The quantitative estimate of drug-likeness (QED) is 0.513. The van der Waals surface area contributed by atoms with Crippen LogP contribution in [0.15, 0.2) is 30.3 Å². The Morgan fingerprint density at radius 1 is 1.26 bits per heavy atom. The zero-order chi connectivity index (χ0) is 14.1. The van der Waals surface area contributed by atoms with Crippen LogP contribution in [0.25, 0.3) is 0 Å². The van der Waals surface area contributed by atoms with Crippen molar-refractivity contribution in [3.05, 3.63) is 35.9 Å². The average molecular weight is 326 g/mol. The van der Waals surface area contributed by atoms with Crippen LogP contribution in [-0.4, -0.2) is 22.2 Å². The number of rotatable bonds is 8. The second kappa shape index (κ2) is 9.13. The van der Waals surface area contributed by atoms with Crippen molar-refractivity contribution in [3.63, 3.8) is 0 Å². The molecule has 1 rings (SSSR count). The summed E-state index contributed by atoms with van der Waals surface area (Å²) in [5, 5.41) is 0.975. The molecule has 1 amide bonds. The topological polar surface area (TPSA) is 20.3 Å².